The van der Waals surface area contributed by atoms with E-state index >= 15 is 0 Å². The molecule has 2 aromatic rings. The second-order valence-corrected chi connectivity index (χ2v) is 6.45. The maximum atomic E-state index is 12.3. The molecule has 0 unspecified atom stereocenters. The molecule has 0 bridgehead atoms. The van der Waals surface area contributed by atoms with E-state index in [0.717, 1.165) is 10.5 Å². The second-order valence-electron chi connectivity index (χ2n) is 5.53. The van der Waals surface area contributed by atoms with Gasteiger partial charge in [0, 0.05) is 37.3 Å². The fourth-order valence-corrected chi connectivity index (χ4v) is 2.89. The maximum Gasteiger partial charge on any atom is 0.573 e. The van der Waals surface area contributed by atoms with Gasteiger partial charge in [0.25, 0.3) is 5.91 Å². The monoisotopic (exact) mass is 403 g/mol. The first kappa shape index (κ1) is 16.8. The Hall–Kier alpha value is -2.03. The summed E-state index contributed by atoms with van der Waals surface area (Å²) < 4.78 is 43.2. The molecule has 5 nitrogen and oxygen atoms in total. The van der Waals surface area contributed by atoms with Gasteiger partial charge in [-0.05, 0) is 34.1 Å². The summed E-state index contributed by atoms with van der Waals surface area (Å²) in [5.74, 6) is -0.428. The van der Waals surface area contributed by atoms with Crippen molar-refractivity contribution in [2.24, 2.45) is 5.92 Å². The smallest absolute Gasteiger partial charge is 0.406 e. The summed E-state index contributed by atoms with van der Waals surface area (Å²) in [6.07, 6.45) is -1.24. The average Bonchev–Trinajstić information content (AvgIpc) is 2.85. The molecule has 0 saturated carbocycles. The van der Waals surface area contributed by atoms with Crippen LogP contribution in [-0.4, -0.2) is 40.0 Å². The lowest BCUT2D eigenvalue weighted by Crippen LogP contribution is -2.51. The number of hydrogen-bond acceptors (Lipinski definition) is 3. The Labute approximate surface area is 144 Å². The van der Waals surface area contributed by atoms with E-state index in [0.29, 0.717) is 19.6 Å². The number of hydrogen-bond donors (Lipinski definition) is 0. The molecule has 1 aromatic carbocycles. The van der Waals surface area contributed by atoms with Gasteiger partial charge in [-0.2, -0.15) is 5.10 Å². The molecule has 1 saturated heterocycles. The van der Waals surface area contributed by atoms with Crippen LogP contribution in [0.1, 0.15) is 10.4 Å². The van der Waals surface area contributed by atoms with Crippen molar-refractivity contribution in [3.8, 4) is 5.75 Å². The molecule has 1 aliphatic rings. The third kappa shape index (κ3) is 4.08. The summed E-state index contributed by atoms with van der Waals surface area (Å²) in [6, 6.07) is 5.11. The Balaban J connectivity index is 1.57. The third-order valence-electron chi connectivity index (χ3n) is 3.61. The van der Waals surface area contributed by atoms with Gasteiger partial charge in [-0.25, -0.2) is 0 Å². The Bertz CT molecular complexity index is 742. The summed E-state index contributed by atoms with van der Waals surface area (Å²) in [5, 5.41) is 4.15. The number of amides is 1. The van der Waals surface area contributed by atoms with Crippen LogP contribution in [0.5, 0.6) is 5.75 Å². The molecule has 24 heavy (non-hydrogen) atoms. The highest BCUT2D eigenvalue weighted by Crippen LogP contribution is 2.26. The molecule has 0 atom stereocenters. The summed E-state index contributed by atoms with van der Waals surface area (Å²) in [4.78, 5) is 13.9. The van der Waals surface area contributed by atoms with E-state index in [1.165, 1.54) is 18.2 Å². The Morgan fingerprint density at radius 2 is 2.12 bits per heavy atom. The summed E-state index contributed by atoms with van der Waals surface area (Å²) in [6.45, 7) is 1.77. The maximum absolute atomic E-state index is 12.3. The minimum Gasteiger partial charge on any atom is -0.406 e. The van der Waals surface area contributed by atoms with E-state index in [4.69, 9.17) is 0 Å². The quantitative estimate of drug-likeness (QED) is 0.786. The van der Waals surface area contributed by atoms with Gasteiger partial charge in [0.1, 0.15) is 5.75 Å². The zero-order valence-electron chi connectivity index (χ0n) is 12.3. The number of aromatic nitrogens is 2. The first-order chi connectivity index (χ1) is 11.3. The van der Waals surface area contributed by atoms with E-state index < -0.39 is 12.1 Å². The molecular weight excluding hydrogens is 391 g/mol. The average molecular weight is 404 g/mol. The fourth-order valence-electron chi connectivity index (χ4n) is 2.56. The van der Waals surface area contributed by atoms with Gasteiger partial charge in [0.2, 0.25) is 0 Å². The van der Waals surface area contributed by atoms with Crippen LogP contribution in [0.4, 0.5) is 13.2 Å². The molecule has 128 valence electrons. The number of nitrogens with zero attached hydrogens (tertiary/aromatic N) is 3. The molecular formula is C15H13BrF3N3O2. The zero-order chi connectivity index (χ0) is 17.3. The predicted molar refractivity (Wildman–Crippen MR) is 82.4 cm³/mol. The molecule has 1 amide bonds. The van der Waals surface area contributed by atoms with Crippen molar-refractivity contribution in [2.75, 3.05) is 13.1 Å². The lowest BCUT2D eigenvalue weighted by atomic mass is 9.99. The summed E-state index contributed by atoms with van der Waals surface area (Å²) in [7, 11) is 0. The standard InChI is InChI=1S/C15H13BrF3N3O2/c16-12-5-20-22(9-12)8-10-6-21(7-10)14(23)11-2-1-3-13(4-11)24-15(17,18)19/h1-5,9-10H,6-8H2. The van der Waals surface area contributed by atoms with Gasteiger partial charge in [0.05, 0.1) is 10.7 Å². The van der Waals surface area contributed by atoms with E-state index in [2.05, 4.69) is 25.8 Å². The lowest BCUT2D eigenvalue weighted by Gasteiger charge is -2.39. The normalized spacial score (nSPS) is 15.2. The minimum atomic E-state index is -4.78. The number of halogens is 4. The van der Waals surface area contributed by atoms with Gasteiger partial charge in [0.15, 0.2) is 0 Å². The van der Waals surface area contributed by atoms with Crippen LogP contribution >= 0.6 is 15.9 Å². The molecule has 1 aliphatic heterocycles. The molecule has 0 N–H and O–H groups in total. The molecule has 1 fully saturated rings. The number of carbonyl (C=O) groups excluding carboxylic acids is 1. The van der Waals surface area contributed by atoms with Crippen LogP contribution in [0, 0.1) is 5.92 Å². The van der Waals surface area contributed by atoms with Crippen molar-refractivity contribution in [3.63, 3.8) is 0 Å². The van der Waals surface area contributed by atoms with Crippen LogP contribution in [0.15, 0.2) is 41.1 Å². The van der Waals surface area contributed by atoms with E-state index in [-0.39, 0.29) is 17.4 Å². The molecule has 0 aliphatic carbocycles. The van der Waals surface area contributed by atoms with Crippen molar-refractivity contribution in [2.45, 2.75) is 12.9 Å². The number of likely N-dealkylation sites (tertiary alicyclic amines) is 1. The van der Waals surface area contributed by atoms with Gasteiger partial charge < -0.3 is 9.64 Å². The highest BCUT2D eigenvalue weighted by molar-refractivity contribution is 9.10. The number of carbonyl (C=O) groups is 1. The molecule has 1 aromatic heterocycles. The fraction of sp³-hybridized carbons (Fsp3) is 0.333. The van der Waals surface area contributed by atoms with E-state index in [9.17, 15) is 18.0 Å². The van der Waals surface area contributed by atoms with Crippen molar-refractivity contribution in [1.29, 1.82) is 0 Å². The first-order valence-corrected chi connectivity index (χ1v) is 7.92. The Morgan fingerprint density at radius 1 is 1.38 bits per heavy atom. The van der Waals surface area contributed by atoms with Crippen LogP contribution in [0.2, 0.25) is 0 Å². The Kier molecular flexibility index (Phi) is 4.53. The molecule has 9 heteroatoms. The summed E-state index contributed by atoms with van der Waals surface area (Å²) in [5.41, 5.74) is 0.178. The van der Waals surface area contributed by atoms with E-state index in [1.807, 2.05) is 6.20 Å². The summed E-state index contributed by atoms with van der Waals surface area (Å²) >= 11 is 3.32. The molecule has 2 heterocycles. The van der Waals surface area contributed by atoms with Gasteiger partial charge in [-0.1, -0.05) is 6.07 Å². The molecule has 0 radical (unpaired) electrons. The Morgan fingerprint density at radius 3 is 2.75 bits per heavy atom. The number of ether oxygens (including phenoxy) is 1. The van der Waals surface area contributed by atoms with Crippen molar-refractivity contribution in [1.82, 2.24) is 14.7 Å². The van der Waals surface area contributed by atoms with Gasteiger partial charge in [-0.15, -0.1) is 13.2 Å². The largest absolute Gasteiger partial charge is 0.573 e. The van der Waals surface area contributed by atoms with Crippen LogP contribution < -0.4 is 4.74 Å². The number of rotatable bonds is 4. The molecule has 0 spiro atoms. The van der Waals surface area contributed by atoms with Crippen LogP contribution in [0.3, 0.4) is 0 Å². The second kappa shape index (κ2) is 6.46. The minimum absolute atomic E-state index is 0.178. The van der Waals surface area contributed by atoms with Gasteiger partial charge >= 0.3 is 6.36 Å². The van der Waals surface area contributed by atoms with Crippen molar-refractivity contribution < 1.29 is 22.7 Å². The number of benzene rings is 1. The molecule has 3 rings (SSSR count). The third-order valence-corrected chi connectivity index (χ3v) is 4.02. The van der Waals surface area contributed by atoms with Gasteiger partial charge in [-0.3, -0.25) is 9.48 Å². The SMILES string of the molecule is O=C(c1cccc(OC(F)(F)F)c1)N1CC(Cn2cc(Br)cn2)C1. The van der Waals surface area contributed by atoms with Crippen molar-refractivity contribution in [3.05, 3.63) is 46.7 Å². The highest BCUT2D eigenvalue weighted by atomic mass is 79.9. The zero-order valence-corrected chi connectivity index (χ0v) is 13.9. The van der Waals surface area contributed by atoms with E-state index in [1.54, 1.807) is 15.8 Å². The van der Waals surface area contributed by atoms with Crippen molar-refractivity contribution >= 4 is 21.8 Å². The number of alkyl halides is 3. The van der Waals surface area contributed by atoms with Crippen LogP contribution in [-0.2, 0) is 6.54 Å². The van der Waals surface area contributed by atoms with Crippen LogP contribution in [0.25, 0.3) is 0 Å². The lowest BCUT2D eigenvalue weighted by molar-refractivity contribution is -0.274. The topological polar surface area (TPSA) is 47.4 Å². The highest BCUT2D eigenvalue weighted by Gasteiger charge is 2.33. The predicted octanol–water partition coefficient (Wildman–Crippen LogP) is 3.32. The first-order valence-electron chi connectivity index (χ1n) is 7.13.